The number of hydrogen-bond acceptors (Lipinski definition) is 11. The number of imide groups is 1. The Bertz CT molecular complexity index is 1390. The maximum absolute atomic E-state index is 13.6. The molecule has 0 saturated carbocycles. The Morgan fingerprint density at radius 1 is 1.30 bits per heavy atom. The van der Waals surface area contributed by atoms with Crippen LogP contribution in [0.3, 0.4) is 0 Å². The highest BCUT2D eigenvalue weighted by Gasteiger charge is 2.75. The zero-order valence-electron chi connectivity index (χ0n) is 22.5. The Morgan fingerprint density at radius 3 is 2.75 bits per heavy atom. The number of guanidine groups is 2. The molecular weight excluding hydrogens is 522 g/mol. The predicted molar refractivity (Wildman–Crippen MR) is 140 cm³/mol. The maximum atomic E-state index is 13.6. The molecule has 40 heavy (non-hydrogen) atoms. The monoisotopic (exact) mass is 556 g/mol. The summed E-state index contributed by atoms with van der Waals surface area (Å²) in [5, 5.41) is 32.1. The summed E-state index contributed by atoms with van der Waals surface area (Å²) in [4.78, 5) is 45.3. The van der Waals surface area contributed by atoms with Crippen LogP contribution in [0.5, 0.6) is 5.75 Å². The highest BCUT2D eigenvalue weighted by atomic mass is 16.5. The Hall–Kier alpha value is -4.11. The average molecular weight is 557 g/mol. The van der Waals surface area contributed by atoms with Gasteiger partial charge in [0.2, 0.25) is 17.4 Å². The molecule has 6 rings (SSSR count). The molecule has 0 aromatic heterocycles. The number of likely N-dealkylation sites (N-methyl/N-ethyl adjacent to an activating group) is 1. The van der Waals surface area contributed by atoms with Crippen molar-refractivity contribution in [3.05, 3.63) is 29.3 Å². The predicted octanol–water partition coefficient (Wildman–Crippen LogP) is -3.28. The van der Waals surface area contributed by atoms with Gasteiger partial charge in [0.15, 0.2) is 5.96 Å². The minimum atomic E-state index is -2.65. The van der Waals surface area contributed by atoms with E-state index < -0.39 is 47.4 Å². The molecule has 5 aliphatic rings. The van der Waals surface area contributed by atoms with Gasteiger partial charge in [-0.15, -0.1) is 0 Å². The summed E-state index contributed by atoms with van der Waals surface area (Å²) in [7, 11) is 1.51. The highest BCUT2D eigenvalue weighted by Crippen LogP contribution is 2.43. The molecule has 0 bridgehead atoms. The molecule has 2 saturated heterocycles. The standard InChI is InChI=1S/C25H33N9O6/c1-23(2)7-8-40-17-12(5-4-6-13(17)23)19(36)29-15-10-34-21(27)28-14(9-33-16(35)11-32(3)22(33)37)18-24(34,25(15,38)39)31-20(26)30-18/h4-6,14-15,18,38-39H,7-11H2,1-3H3,(H6,26,27,28,29,30,31,36)/p+1/t14-,15?,18-,24-/m0/s1. The zero-order chi connectivity index (χ0) is 28.8. The number of para-hydroxylation sites is 1. The molecule has 2 fully saturated rings. The first kappa shape index (κ1) is 26.1. The number of amides is 4. The van der Waals surface area contributed by atoms with Gasteiger partial charge >= 0.3 is 12.0 Å². The smallest absolute Gasteiger partial charge is 0.346 e. The quantitative estimate of drug-likeness (QED) is 0.112. The fourth-order valence-electron chi connectivity index (χ4n) is 6.54. The van der Waals surface area contributed by atoms with Crippen molar-refractivity contribution in [2.45, 2.75) is 55.3 Å². The van der Waals surface area contributed by atoms with Crippen LogP contribution in [0.2, 0.25) is 0 Å². The Labute approximate surface area is 229 Å². The summed E-state index contributed by atoms with van der Waals surface area (Å²) >= 11 is 0. The maximum Gasteiger partial charge on any atom is 0.346 e. The molecule has 0 radical (unpaired) electrons. The number of nitrogens with two attached hydrogens (primary N) is 2. The first-order chi connectivity index (χ1) is 18.8. The lowest BCUT2D eigenvalue weighted by atomic mass is 9.79. The Balaban J connectivity index is 1.32. The number of nitrogens with zero attached hydrogens (tertiary/aromatic N) is 4. The van der Waals surface area contributed by atoms with Gasteiger partial charge in [-0.05, 0) is 17.9 Å². The number of urea groups is 1. The van der Waals surface area contributed by atoms with Crippen LogP contribution in [0.4, 0.5) is 4.79 Å². The van der Waals surface area contributed by atoms with E-state index in [-0.39, 0.29) is 42.5 Å². The largest absolute Gasteiger partial charge is 0.492 e. The van der Waals surface area contributed by atoms with E-state index in [0.717, 1.165) is 16.9 Å². The molecule has 4 atom stereocenters. The van der Waals surface area contributed by atoms with Crippen molar-refractivity contribution in [2.24, 2.45) is 16.5 Å². The fraction of sp³-hybridized carbons (Fsp3) is 0.560. The van der Waals surface area contributed by atoms with Gasteiger partial charge in [0.05, 0.1) is 25.3 Å². The second-order valence-electron chi connectivity index (χ2n) is 11.7. The number of hydrogen-bond donors (Lipinski definition) is 7. The summed E-state index contributed by atoms with van der Waals surface area (Å²) in [6.07, 6.45) is 0.796. The molecule has 4 amide bonds. The van der Waals surface area contributed by atoms with Crippen LogP contribution < -0.4 is 32.2 Å². The molecule has 5 heterocycles. The second kappa shape index (κ2) is 8.44. The lowest BCUT2D eigenvalue weighted by molar-refractivity contribution is -0.623. The van der Waals surface area contributed by atoms with Gasteiger partial charge in [-0.25, -0.2) is 14.4 Å². The molecule has 1 spiro atoms. The second-order valence-corrected chi connectivity index (χ2v) is 11.7. The molecule has 9 N–H and O–H groups in total. The van der Waals surface area contributed by atoms with Crippen molar-refractivity contribution >= 4 is 29.8 Å². The molecule has 0 aliphatic carbocycles. The van der Waals surface area contributed by atoms with Crippen LogP contribution in [0, 0.1) is 0 Å². The topological polar surface area (TPSA) is 211 Å². The number of carbonyl (C=O) groups excluding carboxylic acids is 3. The lowest BCUT2D eigenvalue weighted by Gasteiger charge is -2.44. The van der Waals surface area contributed by atoms with E-state index in [1.807, 2.05) is 6.07 Å². The summed E-state index contributed by atoms with van der Waals surface area (Å²) in [5.41, 5.74) is 11.6. The molecule has 5 aliphatic heterocycles. The van der Waals surface area contributed by atoms with E-state index in [2.05, 4.69) is 34.8 Å². The van der Waals surface area contributed by atoms with E-state index >= 15 is 0 Å². The van der Waals surface area contributed by atoms with Crippen molar-refractivity contribution < 1.29 is 33.9 Å². The molecular formula is C25H34N9O6+. The minimum absolute atomic E-state index is 0.0393. The van der Waals surface area contributed by atoms with Crippen LogP contribution in [-0.2, 0) is 10.2 Å². The number of aliphatic imine (C=N–C) groups is 1. The normalized spacial score (nSPS) is 31.5. The summed E-state index contributed by atoms with van der Waals surface area (Å²) in [6, 6.07) is 1.77. The zero-order valence-corrected chi connectivity index (χ0v) is 22.5. The van der Waals surface area contributed by atoms with E-state index in [1.54, 1.807) is 12.1 Å². The minimum Gasteiger partial charge on any atom is -0.492 e. The molecule has 214 valence electrons. The number of benzene rings is 1. The van der Waals surface area contributed by atoms with E-state index in [4.69, 9.17) is 16.2 Å². The number of aliphatic hydroxyl groups is 2. The number of fused-ring (bicyclic) bond motifs is 1. The molecule has 15 nitrogen and oxygen atoms in total. The van der Waals surface area contributed by atoms with Gasteiger partial charge in [0, 0.05) is 12.6 Å². The van der Waals surface area contributed by atoms with Crippen LogP contribution in [0.1, 0.15) is 36.2 Å². The summed E-state index contributed by atoms with van der Waals surface area (Å²) in [5.74, 6) is -3.18. The van der Waals surface area contributed by atoms with Gasteiger partial charge in [-0.1, -0.05) is 26.0 Å². The number of ether oxygens (including phenoxy) is 1. The summed E-state index contributed by atoms with van der Waals surface area (Å²) in [6.45, 7) is 4.29. The average Bonchev–Trinajstić information content (AvgIpc) is 3.44. The van der Waals surface area contributed by atoms with Crippen molar-refractivity contribution in [3.8, 4) is 5.75 Å². The highest BCUT2D eigenvalue weighted by molar-refractivity contribution is 6.02. The Morgan fingerprint density at radius 2 is 2.05 bits per heavy atom. The van der Waals surface area contributed by atoms with Gasteiger partial charge in [0.25, 0.3) is 5.91 Å². The van der Waals surface area contributed by atoms with Crippen molar-refractivity contribution in [1.29, 1.82) is 0 Å². The van der Waals surface area contributed by atoms with Gasteiger partial charge in [0.1, 0.15) is 30.4 Å². The van der Waals surface area contributed by atoms with Gasteiger partial charge in [-0.2, -0.15) is 0 Å². The van der Waals surface area contributed by atoms with Gasteiger partial charge < -0.3 is 36.2 Å². The first-order valence-corrected chi connectivity index (χ1v) is 13.1. The van der Waals surface area contributed by atoms with E-state index in [0.29, 0.717) is 12.4 Å². The third kappa shape index (κ3) is 3.46. The fourth-order valence-corrected chi connectivity index (χ4v) is 6.54. The number of carbonyl (C=O) groups is 3. The first-order valence-electron chi connectivity index (χ1n) is 13.1. The van der Waals surface area contributed by atoms with Crippen LogP contribution in [0.15, 0.2) is 23.2 Å². The van der Waals surface area contributed by atoms with Crippen LogP contribution in [0.25, 0.3) is 0 Å². The number of nitrogens with one attached hydrogen (secondary N) is 3. The van der Waals surface area contributed by atoms with Crippen LogP contribution >= 0.6 is 0 Å². The van der Waals surface area contributed by atoms with Crippen LogP contribution in [-0.4, -0.2) is 117 Å². The number of rotatable bonds is 4. The van der Waals surface area contributed by atoms with Crippen molar-refractivity contribution in [1.82, 2.24) is 25.8 Å². The van der Waals surface area contributed by atoms with Crippen molar-refractivity contribution in [2.75, 3.05) is 33.3 Å². The third-order valence-corrected chi connectivity index (χ3v) is 8.75. The molecule has 1 aromatic rings. The third-order valence-electron chi connectivity index (χ3n) is 8.75. The lowest BCUT2D eigenvalue weighted by Crippen LogP contribution is -2.79. The Kier molecular flexibility index (Phi) is 5.52. The molecule has 1 aromatic carbocycles. The van der Waals surface area contributed by atoms with E-state index in [1.165, 1.54) is 16.5 Å². The molecule has 15 heteroatoms. The van der Waals surface area contributed by atoms with Crippen molar-refractivity contribution in [3.63, 3.8) is 0 Å². The SMILES string of the molecule is CN1CC(=O)N(C[C@@H]2NC(N)=[N+]3CC(NC(=O)c4cccc5c4OCCC5(C)C)C(O)(O)[C@@]34NC(N)=N[C@@H]24)C1=O. The van der Waals surface area contributed by atoms with E-state index in [9.17, 15) is 24.6 Å². The summed E-state index contributed by atoms with van der Waals surface area (Å²) < 4.78 is 7.34. The van der Waals surface area contributed by atoms with Gasteiger partial charge in [-0.3, -0.25) is 25.5 Å². The molecule has 1 unspecified atom stereocenters.